The van der Waals surface area contributed by atoms with E-state index in [2.05, 4.69) is 10.6 Å². The highest BCUT2D eigenvalue weighted by Crippen LogP contribution is 2.10. The third kappa shape index (κ3) is 0.980. The summed E-state index contributed by atoms with van der Waals surface area (Å²) >= 11 is 0. The van der Waals surface area contributed by atoms with Gasteiger partial charge in [0.15, 0.2) is 0 Å². The number of allylic oxidation sites excluding steroid dienone is 4. The van der Waals surface area contributed by atoms with Gasteiger partial charge in [0.1, 0.15) is 5.76 Å². The number of nitrogens with one attached hydrogen (secondary N) is 1. The summed E-state index contributed by atoms with van der Waals surface area (Å²) in [6.45, 7) is 0. The number of aliphatic hydroxyl groups excluding tert-OH is 1. The molecule has 0 saturated carbocycles. The second-order valence-electron chi connectivity index (χ2n) is 2.23. The molecule has 0 aromatic carbocycles. The van der Waals surface area contributed by atoms with Crippen molar-refractivity contribution < 1.29 is 5.11 Å². The van der Waals surface area contributed by atoms with Crippen LogP contribution in [0.4, 0.5) is 0 Å². The normalized spacial score (nSPS) is 20.2. The lowest BCUT2D eigenvalue weighted by atomic mass is 10.4. The highest BCUT2D eigenvalue weighted by atomic mass is 16.3. The van der Waals surface area contributed by atoms with Gasteiger partial charge < -0.3 is 5.11 Å². The Morgan fingerprint density at radius 2 is 2.45 bits per heavy atom. The van der Waals surface area contributed by atoms with E-state index in [1.54, 1.807) is 29.6 Å². The van der Waals surface area contributed by atoms with Crippen molar-refractivity contribution in [2.75, 3.05) is 0 Å². The van der Waals surface area contributed by atoms with E-state index >= 15 is 0 Å². The zero-order valence-corrected chi connectivity index (χ0v) is 5.73. The van der Waals surface area contributed by atoms with Gasteiger partial charge in [0.25, 0.3) is 0 Å². The van der Waals surface area contributed by atoms with Gasteiger partial charge in [-0.05, 0) is 12.2 Å². The summed E-state index contributed by atoms with van der Waals surface area (Å²) in [4.78, 5) is 0. The molecule has 0 aromatic rings. The van der Waals surface area contributed by atoms with Gasteiger partial charge in [0.05, 0.1) is 18.1 Å². The Balaban J connectivity index is 2.36. The van der Waals surface area contributed by atoms with Crippen LogP contribution in [0.2, 0.25) is 0 Å². The summed E-state index contributed by atoms with van der Waals surface area (Å²) in [5.41, 5.74) is 3.59. The summed E-state index contributed by atoms with van der Waals surface area (Å²) in [6, 6.07) is 0. The van der Waals surface area contributed by atoms with Crippen molar-refractivity contribution in [3.05, 3.63) is 35.9 Å². The van der Waals surface area contributed by atoms with Gasteiger partial charge in [-0.2, -0.15) is 5.10 Å². The molecule has 4 nitrogen and oxygen atoms in total. The summed E-state index contributed by atoms with van der Waals surface area (Å²) in [7, 11) is 0. The molecule has 4 heteroatoms. The highest BCUT2D eigenvalue weighted by Gasteiger charge is 2.10. The molecule has 0 fully saturated rings. The molecule has 11 heavy (non-hydrogen) atoms. The van der Waals surface area contributed by atoms with E-state index in [1.165, 1.54) is 0 Å². The molecule has 2 rings (SSSR count). The Labute approximate surface area is 63.8 Å². The molecule has 2 heterocycles. The van der Waals surface area contributed by atoms with Gasteiger partial charge in [-0.1, -0.05) is 6.08 Å². The number of hydrazine groups is 1. The molecule has 2 aliphatic rings. The van der Waals surface area contributed by atoms with E-state index in [1.807, 2.05) is 6.08 Å². The standard InChI is InChI=1S/C7H7N3O/c11-7-3-1-2-6-4-8-9-10(6)5-7/h1-5,9,11H. The number of hydrogen-bond donors (Lipinski definition) is 2. The molecule has 0 atom stereocenters. The van der Waals surface area contributed by atoms with Gasteiger partial charge >= 0.3 is 0 Å². The van der Waals surface area contributed by atoms with Crippen LogP contribution in [0, 0.1) is 0 Å². The maximum atomic E-state index is 9.14. The molecule has 0 amide bonds. The van der Waals surface area contributed by atoms with E-state index in [-0.39, 0.29) is 5.76 Å². The van der Waals surface area contributed by atoms with E-state index in [0.29, 0.717) is 0 Å². The van der Waals surface area contributed by atoms with Gasteiger partial charge in [-0.25, -0.2) is 10.5 Å². The second-order valence-corrected chi connectivity index (χ2v) is 2.23. The zero-order valence-electron chi connectivity index (χ0n) is 5.73. The number of aliphatic hydroxyl groups is 1. The maximum Gasteiger partial charge on any atom is 0.133 e. The quantitative estimate of drug-likeness (QED) is 0.531. The lowest BCUT2D eigenvalue weighted by Crippen LogP contribution is -2.22. The first kappa shape index (κ1) is 6.03. The minimum atomic E-state index is 0.203. The largest absolute Gasteiger partial charge is 0.506 e. The predicted octanol–water partition coefficient (Wildman–Crippen LogP) is 0.645. The van der Waals surface area contributed by atoms with E-state index < -0.39 is 0 Å². The minimum absolute atomic E-state index is 0.203. The van der Waals surface area contributed by atoms with Crippen LogP contribution in [0.15, 0.2) is 41.0 Å². The minimum Gasteiger partial charge on any atom is -0.506 e. The molecule has 0 spiro atoms. The fourth-order valence-electron chi connectivity index (χ4n) is 0.924. The van der Waals surface area contributed by atoms with Crippen LogP contribution in [0.5, 0.6) is 0 Å². The molecule has 56 valence electrons. The molecular formula is C7H7N3O. The third-order valence-electron chi connectivity index (χ3n) is 1.44. The Hall–Kier alpha value is -1.71. The Morgan fingerprint density at radius 3 is 3.36 bits per heavy atom. The van der Waals surface area contributed by atoms with Gasteiger partial charge in [0, 0.05) is 0 Å². The van der Waals surface area contributed by atoms with E-state index in [9.17, 15) is 0 Å². The number of hydrogen-bond acceptors (Lipinski definition) is 4. The van der Waals surface area contributed by atoms with Crippen molar-refractivity contribution >= 4 is 6.21 Å². The number of hydrazone groups is 1. The highest BCUT2D eigenvalue weighted by molar-refractivity contribution is 5.80. The van der Waals surface area contributed by atoms with Gasteiger partial charge in [-0.3, -0.25) is 0 Å². The first-order valence-electron chi connectivity index (χ1n) is 3.23. The first-order valence-corrected chi connectivity index (χ1v) is 3.23. The van der Waals surface area contributed by atoms with E-state index in [0.717, 1.165) is 5.70 Å². The Bertz CT molecular complexity index is 288. The number of fused-ring (bicyclic) bond motifs is 1. The maximum absolute atomic E-state index is 9.14. The van der Waals surface area contributed by atoms with Crippen molar-refractivity contribution in [1.29, 1.82) is 0 Å². The zero-order chi connectivity index (χ0) is 7.68. The van der Waals surface area contributed by atoms with Gasteiger partial charge in [0.2, 0.25) is 0 Å². The predicted molar refractivity (Wildman–Crippen MR) is 41.4 cm³/mol. The molecule has 0 radical (unpaired) electrons. The fourth-order valence-corrected chi connectivity index (χ4v) is 0.924. The number of rotatable bonds is 0. The fraction of sp³-hybridized carbons (Fsp3) is 0. The van der Waals surface area contributed by atoms with Crippen LogP contribution in [0.25, 0.3) is 0 Å². The Kier molecular flexibility index (Phi) is 1.18. The lowest BCUT2D eigenvalue weighted by molar-refractivity contribution is 0.353. The SMILES string of the molecule is OC1=CN2NN=CC2=CC=C1. The van der Waals surface area contributed by atoms with Crippen LogP contribution in [0.1, 0.15) is 0 Å². The van der Waals surface area contributed by atoms with Crippen LogP contribution in [-0.2, 0) is 0 Å². The summed E-state index contributed by atoms with van der Waals surface area (Å²) in [5, 5.41) is 14.6. The van der Waals surface area contributed by atoms with Gasteiger partial charge in [-0.15, -0.1) is 0 Å². The third-order valence-corrected chi connectivity index (χ3v) is 1.44. The van der Waals surface area contributed by atoms with Crippen molar-refractivity contribution in [1.82, 2.24) is 10.5 Å². The summed E-state index contributed by atoms with van der Waals surface area (Å²) < 4.78 is 0. The molecule has 0 bridgehead atoms. The molecular weight excluding hydrogens is 142 g/mol. The Morgan fingerprint density at radius 1 is 1.55 bits per heavy atom. The van der Waals surface area contributed by atoms with Crippen LogP contribution in [-0.4, -0.2) is 16.3 Å². The molecule has 0 saturated heterocycles. The average Bonchev–Trinajstić information content (AvgIpc) is 2.31. The average molecular weight is 149 g/mol. The van der Waals surface area contributed by atoms with Crippen molar-refractivity contribution in [3.8, 4) is 0 Å². The van der Waals surface area contributed by atoms with Crippen LogP contribution in [0.3, 0.4) is 0 Å². The number of nitrogens with zero attached hydrogens (tertiary/aromatic N) is 2. The topological polar surface area (TPSA) is 47.9 Å². The molecule has 0 unspecified atom stereocenters. The molecule has 2 N–H and O–H groups in total. The second kappa shape index (κ2) is 2.16. The summed E-state index contributed by atoms with van der Waals surface area (Å²) in [6.07, 6.45) is 8.46. The van der Waals surface area contributed by atoms with Crippen LogP contribution < -0.4 is 5.53 Å². The smallest absolute Gasteiger partial charge is 0.133 e. The summed E-state index contributed by atoms with van der Waals surface area (Å²) in [5.74, 6) is 0.203. The molecule has 0 aliphatic carbocycles. The van der Waals surface area contributed by atoms with Crippen LogP contribution >= 0.6 is 0 Å². The lowest BCUT2D eigenvalue weighted by Gasteiger charge is -2.11. The van der Waals surface area contributed by atoms with Crippen molar-refractivity contribution in [2.45, 2.75) is 0 Å². The molecule has 0 aromatic heterocycles. The van der Waals surface area contributed by atoms with Crippen molar-refractivity contribution in [3.63, 3.8) is 0 Å². The van der Waals surface area contributed by atoms with E-state index in [4.69, 9.17) is 5.11 Å². The molecule has 2 aliphatic heterocycles. The monoisotopic (exact) mass is 149 g/mol. The van der Waals surface area contributed by atoms with Crippen molar-refractivity contribution in [2.24, 2.45) is 5.10 Å². The first-order chi connectivity index (χ1) is 5.36.